The normalized spacial score (nSPS) is 34.4. The highest BCUT2D eigenvalue weighted by Crippen LogP contribution is 2.46. The van der Waals surface area contributed by atoms with Crippen LogP contribution in [-0.4, -0.2) is 5.78 Å². The van der Waals surface area contributed by atoms with Gasteiger partial charge in [-0.05, 0) is 63.7 Å². The number of rotatable bonds is 4. The van der Waals surface area contributed by atoms with E-state index in [4.69, 9.17) is 0 Å². The zero-order valence-electron chi connectivity index (χ0n) is 11.4. The largest absolute Gasteiger partial charge is 0.299 e. The summed E-state index contributed by atoms with van der Waals surface area (Å²) < 4.78 is 0. The molecule has 1 radical (unpaired) electrons. The number of carbonyl (C=O) groups is 1. The van der Waals surface area contributed by atoms with Crippen LogP contribution in [0.5, 0.6) is 0 Å². The van der Waals surface area contributed by atoms with Gasteiger partial charge in [0.05, 0.1) is 0 Å². The second kappa shape index (κ2) is 6.36. The van der Waals surface area contributed by atoms with Gasteiger partial charge in [-0.3, -0.25) is 4.79 Å². The highest BCUT2D eigenvalue weighted by atomic mass is 16.1. The van der Waals surface area contributed by atoms with E-state index >= 15 is 0 Å². The highest BCUT2D eigenvalue weighted by Gasteiger charge is 2.40. The molecule has 0 aromatic heterocycles. The Labute approximate surface area is 111 Å². The molecular formula is C17H25O. The number of Topliss-reactive ketones (excluding diaryl/α,β-unsaturated/α-hetero) is 1. The number of hydrogen-bond acceptors (Lipinski definition) is 1. The Morgan fingerprint density at radius 1 is 1.28 bits per heavy atom. The smallest absolute Gasteiger partial charge is 0.136 e. The molecule has 18 heavy (non-hydrogen) atoms. The second-order valence-corrected chi connectivity index (χ2v) is 5.71. The molecule has 3 atom stereocenters. The van der Waals surface area contributed by atoms with E-state index < -0.39 is 0 Å². The molecule has 2 aliphatic carbocycles. The molecule has 0 amide bonds. The minimum atomic E-state index is 0.357. The summed E-state index contributed by atoms with van der Waals surface area (Å²) in [5, 5.41) is 0. The first-order chi connectivity index (χ1) is 8.77. The minimum Gasteiger partial charge on any atom is -0.299 e. The maximum Gasteiger partial charge on any atom is 0.136 e. The van der Waals surface area contributed by atoms with Crippen LogP contribution in [-0.2, 0) is 4.79 Å². The van der Waals surface area contributed by atoms with Gasteiger partial charge in [0, 0.05) is 12.3 Å². The lowest BCUT2D eigenvalue weighted by atomic mass is 9.62. The summed E-state index contributed by atoms with van der Waals surface area (Å²) >= 11 is 0. The Morgan fingerprint density at radius 2 is 2.11 bits per heavy atom. The number of ketones is 1. The van der Waals surface area contributed by atoms with E-state index in [2.05, 4.69) is 19.6 Å². The predicted molar refractivity (Wildman–Crippen MR) is 76.1 cm³/mol. The van der Waals surface area contributed by atoms with E-state index in [1.807, 2.05) is 6.08 Å². The van der Waals surface area contributed by atoms with Crippen LogP contribution in [0.3, 0.4) is 0 Å². The summed E-state index contributed by atoms with van der Waals surface area (Å²) in [5.74, 6) is 2.12. The summed E-state index contributed by atoms with van der Waals surface area (Å²) in [5.41, 5.74) is 1.57. The Balaban J connectivity index is 2.16. The van der Waals surface area contributed by atoms with E-state index in [1.54, 1.807) is 5.57 Å². The van der Waals surface area contributed by atoms with Gasteiger partial charge in [-0.15, -0.1) is 6.58 Å². The molecule has 2 aliphatic rings. The monoisotopic (exact) mass is 245 g/mol. The lowest BCUT2D eigenvalue weighted by Crippen LogP contribution is -2.37. The number of carbonyl (C=O) groups excluding carboxylic acids is 1. The topological polar surface area (TPSA) is 17.1 Å². The Hall–Kier alpha value is -0.850. The van der Waals surface area contributed by atoms with Gasteiger partial charge < -0.3 is 0 Å². The van der Waals surface area contributed by atoms with Crippen molar-refractivity contribution in [3.8, 4) is 0 Å². The standard InChI is InChI=1S/C17H25O/c1-3-5-8-14-13(7-4-2)11-12-16-15(14)9-6-10-17(16)18/h3,7,14-16H,1-2,4-6,8-12H2/b13-7+/t14-,15+,16+/m0/s1. The van der Waals surface area contributed by atoms with Gasteiger partial charge in [-0.2, -0.15) is 0 Å². The molecule has 1 heteroatoms. The van der Waals surface area contributed by atoms with Gasteiger partial charge in [0.1, 0.15) is 5.78 Å². The molecule has 2 saturated carbocycles. The SMILES string of the molecule is [CH2]C/C=C1\CC[C@H]2C(=O)CCC[C@@H]2[C@H]1CCC=C. The third-order valence-corrected chi connectivity index (χ3v) is 4.72. The first kappa shape index (κ1) is 13.6. The molecule has 2 rings (SSSR count). The van der Waals surface area contributed by atoms with Crippen molar-refractivity contribution in [2.24, 2.45) is 17.8 Å². The molecule has 0 bridgehead atoms. The minimum absolute atomic E-state index is 0.357. The van der Waals surface area contributed by atoms with Gasteiger partial charge >= 0.3 is 0 Å². The van der Waals surface area contributed by atoms with Crippen LogP contribution < -0.4 is 0 Å². The van der Waals surface area contributed by atoms with Crippen LogP contribution in [0, 0.1) is 24.7 Å². The predicted octanol–water partition coefficient (Wildman–Crippen LogP) is 4.50. The summed E-state index contributed by atoms with van der Waals surface area (Å²) in [4.78, 5) is 12.1. The zero-order valence-corrected chi connectivity index (χ0v) is 11.4. The summed E-state index contributed by atoms with van der Waals surface area (Å²) in [7, 11) is 0. The Kier molecular flexibility index (Phi) is 4.79. The van der Waals surface area contributed by atoms with Gasteiger partial charge in [0.25, 0.3) is 0 Å². The van der Waals surface area contributed by atoms with Crippen molar-refractivity contribution in [3.63, 3.8) is 0 Å². The zero-order chi connectivity index (χ0) is 13.0. The lowest BCUT2D eigenvalue weighted by molar-refractivity contribution is -0.128. The van der Waals surface area contributed by atoms with Crippen LogP contribution in [0.4, 0.5) is 0 Å². The summed E-state index contributed by atoms with van der Waals surface area (Å²) in [6, 6.07) is 0. The first-order valence-corrected chi connectivity index (χ1v) is 7.39. The summed E-state index contributed by atoms with van der Waals surface area (Å²) in [6.45, 7) is 7.79. The molecule has 2 fully saturated rings. The Bertz CT molecular complexity index is 340. The lowest BCUT2D eigenvalue weighted by Gasteiger charge is -2.42. The highest BCUT2D eigenvalue weighted by molar-refractivity contribution is 5.82. The van der Waals surface area contributed by atoms with Crippen molar-refractivity contribution in [1.29, 1.82) is 0 Å². The van der Waals surface area contributed by atoms with Gasteiger partial charge in [0.2, 0.25) is 0 Å². The van der Waals surface area contributed by atoms with Crippen LogP contribution in [0.15, 0.2) is 24.3 Å². The molecule has 0 aliphatic heterocycles. The molecule has 99 valence electrons. The van der Waals surface area contributed by atoms with Gasteiger partial charge in [-0.1, -0.05) is 17.7 Å². The van der Waals surface area contributed by atoms with Gasteiger partial charge in [0.15, 0.2) is 0 Å². The molecule has 0 N–H and O–H groups in total. The average Bonchev–Trinajstić information content (AvgIpc) is 2.38. The van der Waals surface area contributed by atoms with E-state index in [0.29, 0.717) is 23.5 Å². The van der Waals surface area contributed by atoms with Crippen molar-refractivity contribution in [3.05, 3.63) is 31.2 Å². The van der Waals surface area contributed by atoms with Crippen molar-refractivity contribution >= 4 is 5.78 Å². The van der Waals surface area contributed by atoms with Crippen molar-refractivity contribution in [2.75, 3.05) is 0 Å². The van der Waals surface area contributed by atoms with Crippen LogP contribution in [0.25, 0.3) is 0 Å². The summed E-state index contributed by atoms with van der Waals surface area (Å²) in [6.07, 6.45) is 12.8. The fraction of sp³-hybridized carbons (Fsp3) is 0.647. The van der Waals surface area contributed by atoms with E-state index in [1.165, 1.54) is 12.8 Å². The molecular weight excluding hydrogens is 220 g/mol. The molecule has 0 aromatic carbocycles. The van der Waals surface area contributed by atoms with Crippen molar-refractivity contribution < 1.29 is 4.79 Å². The van der Waals surface area contributed by atoms with E-state index in [-0.39, 0.29) is 0 Å². The molecule has 0 unspecified atom stereocenters. The van der Waals surface area contributed by atoms with Crippen LogP contribution in [0.2, 0.25) is 0 Å². The fourth-order valence-electron chi connectivity index (χ4n) is 3.91. The quantitative estimate of drug-likeness (QED) is 0.666. The Morgan fingerprint density at radius 3 is 2.83 bits per heavy atom. The molecule has 1 nitrogen and oxygen atoms in total. The first-order valence-electron chi connectivity index (χ1n) is 7.39. The van der Waals surface area contributed by atoms with E-state index in [0.717, 1.165) is 38.5 Å². The van der Waals surface area contributed by atoms with Gasteiger partial charge in [-0.25, -0.2) is 0 Å². The average molecular weight is 245 g/mol. The third-order valence-electron chi connectivity index (χ3n) is 4.72. The van der Waals surface area contributed by atoms with Crippen LogP contribution >= 0.6 is 0 Å². The molecule has 0 spiro atoms. The molecule has 0 saturated heterocycles. The second-order valence-electron chi connectivity index (χ2n) is 5.71. The number of fused-ring (bicyclic) bond motifs is 1. The maximum atomic E-state index is 12.1. The van der Waals surface area contributed by atoms with Crippen molar-refractivity contribution in [2.45, 2.75) is 51.4 Å². The van der Waals surface area contributed by atoms with E-state index in [9.17, 15) is 4.79 Å². The number of allylic oxidation sites excluding steroid dienone is 3. The third kappa shape index (κ3) is 2.76. The van der Waals surface area contributed by atoms with Crippen LogP contribution in [0.1, 0.15) is 51.4 Å². The fourth-order valence-corrected chi connectivity index (χ4v) is 3.91. The van der Waals surface area contributed by atoms with Crippen molar-refractivity contribution in [1.82, 2.24) is 0 Å². The maximum absolute atomic E-state index is 12.1. The number of hydrogen-bond donors (Lipinski definition) is 0. The molecule has 0 heterocycles. The molecule has 0 aromatic rings.